The third-order valence-corrected chi connectivity index (χ3v) is 3.96. The van der Waals surface area contributed by atoms with Crippen LogP contribution in [-0.4, -0.2) is 4.98 Å². The van der Waals surface area contributed by atoms with Crippen molar-refractivity contribution in [1.29, 1.82) is 5.26 Å². The molecular weight excluding hydrogens is 337 g/mol. The molecule has 0 spiro atoms. The van der Waals surface area contributed by atoms with E-state index in [1.54, 1.807) is 30.5 Å². The molecule has 0 aliphatic carbocycles. The van der Waals surface area contributed by atoms with Crippen LogP contribution in [0.25, 0.3) is 0 Å². The molecule has 0 radical (unpaired) electrons. The molecule has 1 heterocycles. The van der Waals surface area contributed by atoms with Gasteiger partial charge in [0.1, 0.15) is 11.8 Å². The van der Waals surface area contributed by atoms with Crippen LogP contribution < -0.4 is 5.32 Å². The molecule has 0 atom stereocenters. The van der Waals surface area contributed by atoms with E-state index in [1.165, 1.54) is 0 Å². The minimum atomic E-state index is 0.362. The molecule has 1 aromatic heterocycles. The Kier molecular flexibility index (Phi) is 4.07. The highest BCUT2D eigenvalue weighted by Crippen LogP contribution is 2.36. The topological polar surface area (TPSA) is 48.7 Å². The number of hydrogen-bond donors (Lipinski definition) is 1. The summed E-state index contributed by atoms with van der Waals surface area (Å²) < 4.78 is 0.734. The molecule has 0 bridgehead atoms. The van der Waals surface area contributed by atoms with Gasteiger partial charge in [0.15, 0.2) is 0 Å². The second kappa shape index (κ2) is 5.57. The van der Waals surface area contributed by atoms with Gasteiger partial charge in [-0.1, -0.05) is 23.2 Å². The van der Waals surface area contributed by atoms with Gasteiger partial charge in [-0.15, -0.1) is 0 Å². The van der Waals surface area contributed by atoms with Gasteiger partial charge in [0.25, 0.3) is 0 Å². The summed E-state index contributed by atoms with van der Waals surface area (Å²) in [6.07, 6.45) is 1.56. The van der Waals surface area contributed by atoms with E-state index < -0.39 is 0 Å². The smallest absolute Gasteiger partial charge is 0.140 e. The SMILES string of the molecule is N#Cc1ccc(Nc2ccc(Br)c(Cl)c2Cl)cn1. The summed E-state index contributed by atoms with van der Waals surface area (Å²) in [5.41, 5.74) is 1.77. The van der Waals surface area contributed by atoms with E-state index in [-0.39, 0.29) is 0 Å². The minimum absolute atomic E-state index is 0.362. The highest BCUT2D eigenvalue weighted by molar-refractivity contribution is 9.10. The van der Waals surface area contributed by atoms with Crippen LogP contribution in [0.5, 0.6) is 0 Å². The van der Waals surface area contributed by atoms with Crippen LogP contribution in [0.1, 0.15) is 5.69 Å². The molecule has 0 fully saturated rings. The molecule has 2 rings (SSSR count). The van der Waals surface area contributed by atoms with Gasteiger partial charge in [0.2, 0.25) is 0 Å². The molecule has 18 heavy (non-hydrogen) atoms. The van der Waals surface area contributed by atoms with Crippen molar-refractivity contribution in [3.63, 3.8) is 0 Å². The Bertz CT molecular complexity index is 620. The summed E-state index contributed by atoms with van der Waals surface area (Å²) in [5, 5.41) is 12.6. The number of hydrogen-bond acceptors (Lipinski definition) is 3. The predicted octanol–water partition coefficient (Wildman–Crippen LogP) is 4.77. The fraction of sp³-hybridized carbons (Fsp3) is 0. The first kappa shape index (κ1) is 13.2. The molecule has 0 amide bonds. The van der Waals surface area contributed by atoms with Crippen LogP contribution in [-0.2, 0) is 0 Å². The van der Waals surface area contributed by atoms with Crippen molar-refractivity contribution < 1.29 is 0 Å². The van der Waals surface area contributed by atoms with Crippen molar-refractivity contribution >= 4 is 50.5 Å². The molecule has 0 saturated carbocycles. The summed E-state index contributed by atoms with van der Waals surface area (Å²) >= 11 is 15.4. The molecule has 2 aromatic rings. The maximum Gasteiger partial charge on any atom is 0.140 e. The lowest BCUT2D eigenvalue weighted by atomic mass is 10.3. The summed E-state index contributed by atoms with van der Waals surface area (Å²) in [5.74, 6) is 0. The average molecular weight is 343 g/mol. The van der Waals surface area contributed by atoms with E-state index in [4.69, 9.17) is 28.5 Å². The largest absolute Gasteiger partial charge is 0.353 e. The molecule has 1 N–H and O–H groups in total. The van der Waals surface area contributed by atoms with Crippen molar-refractivity contribution in [2.45, 2.75) is 0 Å². The third-order valence-electron chi connectivity index (χ3n) is 2.19. The fourth-order valence-corrected chi connectivity index (χ4v) is 2.13. The van der Waals surface area contributed by atoms with E-state index >= 15 is 0 Å². The Morgan fingerprint density at radius 2 is 1.94 bits per heavy atom. The predicted molar refractivity (Wildman–Crippen MR) is 76.4 cm³/mol. The van der Waals surface area contributed by atoms with Crippen LogP contribution in [0, 0.1) is 11.3 Å². The first-order valence-corrected chi connectivity index (χ1v) is 6.43. The zero-order chi connectivity index (χ0) is 13.1. The van der Waals surface area contributed by atoms with E-state index in [0.717, 1.165) is 10.2 Å². The normalized spacial score (nSPS) is 9.89. The van der Waals surface area contributed by atoms with Gasteiger partial charge in [-0.2, -0.15) is 5.26 Å². The lowest BCUT2D eigenvalue weighted by Crippen LogP contribution is -1.93. The lowest BCUT2D eigenvalue weighted by molar-refractivity contribution is 1.26. The van der Waals surface area contributed by atoms with Crippen molar-refractivity contribution in [1.82, 2.24) is 4.98 Å². The average Bonchev–Trinajstić information content (AvgIpc) is 2.40. The molecule has 90 valence electrons. The van der Waals surface area contributed by atoms with Crippen LogP contribution in [0.2, 0.25) is 10.0 Å². The minimum Gasteiger partial charge on any atom is -0.353 e. The molecule has 0 aliphatic heterocycles. The second-order valence-electron chi connectivity index (χ2n) is 3.39. The number of aromatic nitrogens is 1. The molecule has 0 unspecified atom stereocenters. The van der Waals surface area contributed by atoms with Crippen molar-refractivity contribution in [2.75, 3.05) is 5.32 Å². The number of rotatable bonds is 2. The number of halogens is 3. The van der Waals surface area contributed by atoms with Crippen molar-refractivity contribution in [2.24, 2.45) is 0 Å². The summed E-state index contributed by atoms with van der Waals surface area (Å²) in [4.78, 5) is 3.95. The molecular formula is C12H6BrCl2N3. The number of benzene rings is 1. The van der Waals surface area contributed by atoms with E-state index in [9.17, 15) is 0 Å². The molecule has 1 aromatic carbocycles. The van der Waals surface area contributed by atoms with Crippen molar-refractivity contribution in [3.8, 4) is 6.07 Å². The standard InChI is InChI=1S/C12H6BrCl2N3/c13-9-3-4-10(12(15)11(9)14)18-8-2-1-7(5-16)17-6-8/h1-4,6,18H. The Balaban J connectivity index is 2.29. The zero-order valence-electron chi connectivity index (χ0n) is 8.92. The molecule has 0 saturated heterocycles. The van der Waals surface area contributed by atoms with Gasteiger partial charge in [-0.25, -0.2) is 4.98 Å². The third kappa shape index (κ3) is 2.75. The van der Waals surface area contributed by atoms with E-state index in [1.807, 2.05) is 6.07 Å². The Labute approximate surface area is 122 Å². The fourth-order valence-electron chi connectivity index (χ4n) is 1.31. The number of nitrogens with one attached hydrogen (secondary N) is 1. The van der Waals surface area contributed by atoms with Gasteiger partial charge in [0, 0.05) is 4.47 Å². The van der Waals surface area contributed by atoms with Gasteiger partial charge >= 0.3 is 0 Å². The molecule has 0 aliphatic rings. The maximum atomic E-state index is 8.65. The number of anilines is 2. The van der Waals surface area contributed by atoms with Gasteiger partial charge < -0.3 is 5.32 Å². The van der Waals surface area contributed by atoms with Gasteiger partial charge in [0.05, 0.1) is 27.6 Å². The highest BCUT2D eigenvalue weighted by Gasteiger charge is 2.08. The highest BCUT2D eigenvalue weighted by atomic mass is 79.9. The van der Waals surface area contributed by atoms with Crippen LogP contribution >= 0.6 is 39.1 Å². The monoisotopic (exact) mass is 341 g/mol. The summed E-state index contributed by atoms with van der Waals surface area (Å²) in [6, 6.07) is 8.92. The molecule has 6 heteroatoms. The van der Waals surface area contributed by atoms with Gasteiger partial charge in [-0.05, 0) is 40.2 Å². The molecule has 3 nitrogen and oxygen atoms in total. The van der Waals surface area contributed by atoms with Crippen LogP contribution in [0.15, 0.2) is 34.9 Å². The summed E-state index contributed by atoms with van der Waals surface area (Å²) in [7, 11) is 0. The Hall–Kier alpha value is -1.28. The Morgan fingerprint density at radius 3 is 2.56 bits per heavy atom. The second-order valence-corrected chi connectivity index (χ2v) is 5.00. The van der Waals surface area contributed by atoms with Crippen molar-refractivity contribution in [3.05, 3.63) is 50.7 Å². The summed E-state index contributed by atoms with van der Waals surface area (Å²) in [6.45, 7) is 0. The quantitative estimate of drug-likeness (QED) is 0.800. The van der Waals surface area contributed by atoms with Gasteiger partial charge in [-0.3, -0.25) is 0 Å². The number of pyridine rings is 1. The lowest BCUT2D eigenvalue weighted by Gasteiger charge is -2.10. The van der Waals surface area contributed by atoms with E-state index in [2.05, 4.69) is 26.2 Å². The maximum absolute atomic E-state index is 8.65. The zero-order valence-corrected chi connectivity index (χ0v) is 12.0. The number of nitrogens with zero attached hydrogens (tertiary/aromatic N) is 2. The van der Waals surface area contributed by atoms with E-state index in [0.29, 0.717) is 21.4 Å². The van der Waals surface area contributed by atoms with Crippen LogP contribution in [0.3, 0.4) is 0 Å². The number of nitriles is 1. The van der Waals surface area contributed by atoms with Crippen LogP contribution in [0.4, 0.5) is 11.4 Å². The first-order valence-electron chi connectivity index (χ1n) is 4.88. The first-order chi connectivity index (χ1) is 8.61. The Morgan fingerprint density at radius 1 is 1.17 bits per heavy atom.